The van der Waals surface area contributed by atoms with Crippen molar-refractivity contribution in [2.75, 3.05) is 0 Å². The summed E-state index contributed by atoms with van der Waals surface area (Å²) in [5, 5.41) is 15.5. The molecule has 242 valence electrons. The lowest BCUT2D eigenvalue weighted by atomic mass is 9.98. The summed E-state index contributed by atoms with van der Waals surface area (Å²) < 4.78 is 35.0. The van der Waals surface area contributed by atoms with Gasteiger partial charge in [-0.1, -0.05) is 42.5 Å². The van der Waals surface area contributed by atoms with Gasteiger partial charge < -0.3 is 19.3 Å². The first-order chi connectivity index (χ1) is 22.9. The first-order valence-corrected chi connectivity index (χ1v) is 15.7. The van der Waals surface area contributed by atoms with Crippen LogP contribution < -0.4 is 9.47 Å². The van der Waals surface area contributed by atoms with Crippen LogP contribution in [-0.4, -0.2) is 31.3 Å². The molecule has 4 aromatic carbocycles. The average molecular weight is 644 g/mol. The van der Waals surface area contributed by atoms with Gasteiger partial charge in [-0.15, -0.1) is 0 Å². The largest absolute Gasteiger partial charge is 0.489 e. The van der Waals surface area contributed by atoms with E-state index in [0.717, 1.165) is 22.3 Å². The van der Waals surface area contributed by atoms with Crippen LogP contribution in [0.4, 0.5) is 4.39 Å². The second-order valence-corrected chi connectivity index (χ2v) is 12.9. The number of fused-ring (bicyclic) bond motifs is 11. The van der Waals surface area contributed by atoms with Crippen molar-refractivity contribution in [2.24, 2.45) is 0 Å². The lowest BCUT2D eigenvalue weighted by Gasteiger charge is -2.27. The van der Waals surface area contributed by atoms with Crippen molar-refractivity contribution in [3.8, 4) is 50.9 Å². The number of rotatable bonds is 3. The molecule has 2 aromatic heterocycles. The van der Waals surface area contributed by atoms with Gasteiger partial charge in [0.25, 0.3) is 0 Å². The van der Waals surface area contributed by atoms with Gasteiger partial charge in [-0.3, -0.25) is 0 Å². The number of halogens is 1. The van der Waals surface area contributed by atoms with E-state index >= 15 is 0 Å². The van der Waals surface area contributed by atoms with Crippen molar-refractivity contribution in [3.05, 3.63) is 119 Å². The molecule has 0 spiro atoms. The normalized spacial score (nSPS) is 13.2. The van der Waals surface area contributed by atoms with E-state index in [1.165, 1.54) is 12.1 Å². The van der Waals surface area contributed by atoms with E-state index in [1.54, 1.807) is 17.5 Å². The molecule has 0 unspecified atom stereocenters. The smallest absolute Gasteiger partial charge is 0.337 e. The van der Waals surface area contributed by atoms with Crippen molar-refractivity contribution >= 4 is 11.6 Å². The maximum absolute atomic E-state index is 14.6. The van der Waals surface area contributed by atoms with Crippen LogP contribution in [0, 0.1) is 19.7 Å². The number of aryl methyl sites for hydroxylation is 2. The van der Waals surface area contributed by atoms with Crippen molar-refractivity contribution in [1.29, 1.82) is 0 Å². The van der Waals surface area contributed by atoms with Crippen LogP contribution in [0.5, 0.6) is 17.2 Å². The summed E-state index contributed by atoms with van der Waals surface area (Å²) >= 11 is 0. The summed E-state index contributed by atoms with van der Waals surface area (Å²) in [7, 11) is 0. The Morgan fingerprint density at radius 3 is 2.50 bits per heavy atom. The van der Waals surface area contributed by atoms with Crippen molar-refractivity contribution in [3.63, 3.8) is 0 Å². The van der Waals surface area contributed by atoms with Crippen molar-refractivity contribution in [2.45, 2.75) is 52.9 Å². The van der Waals surface area contributed by atoms with Gasteiger partial charge in [0.2, 0.25) is 0 Å². The molecular formula is C39H34FN3O5. The Labute approximate surface area is 277 Å². The maximum Gasteiger partial charge on any atom is 0.337 e. The SMILES string of the molecule is Cc1ccc2cc1OCc1cccc(c1)Oc1cc(F)ccc1-c1cccc(c1)-c1cc3nc(C)c([C@H](OC(C)(C)C)C(=O)O)c-2n3n1. The van der Waals surface area contributed by atoms with Crippen LogP contribution in [0.25, 0.3) is 39.3 Å². The lowest BCUT2D eigenvalue weighted by Crippen LogP contribution is -2.29. The number of benzene rings is 4. The zero-order valence-electron chi connectivity index (χ0n) is 27.2. The molecule has 9 heteroatoms. The first kappa shape index (κ1) is 31.1. The Hall–Kier alpha value is -5.54. The number of carboxylic acids is 1. The number of ether oxygens (including phenoxy) is 3. The number of nitrogens with zero attached hydrogens (tertiary/aromatic N) is 3. The number of hydrogen-bond acceptors (Lipinski definition) is 6. The molecule has 3 heterocycles. The molecule has 0 radical (unpaired) electrons. The summed E-state index contributed by atoms with van der Waals surface area (Å²) in [6.45, 7) is 9.44. The Morgan fingerprint density at radius 2 is 1.71 bits per heavy atom. The summed E-state index contributed by atoms with van der Waals surface area (Å²) in [6, 6.07) is 27.4. The molecule has 0 saturated heterocycles. The van der Waals surface area contributed by atoms with Gasteiger partial charge in [0.05, 0.1) is 17.0 Å². The molecule has 1 N–H and O–H groups in total. The first-order valence-electron chi connectivity index (χ1n) is 15.7. The van der Waals surface area contributed by atoms with E-state index in [4.69, 9.17) is 24.3 Å². The minimum absolute atomic E-state index is 0.230. The third kappa shape index (κ3) is 6.00. The highest BCUT2D eigenvalue weighted by Crippen LogP contribution is 2.40. The molecule has 1 aliphatic heterocycles. The van der Waals surface area contributed by atoms with E-state index in [0.29, 0.717) is 56.7 Å². The fraction of sp³-hybridized carbons (Fsp3) is 0.205. The molecule has 8 nitrogen and oxygen atoms in total. The molecular weight excluding hydrogens is 609 g/mol. The van der Waals surface area contributed by atoms with Crippen LogP contribution >= 0.6 is 0 Å². The Balaban J connectivity index is 1.52. The highest BCUT2D eigenvalue weighted by molar-refractivity contribution is 5.82. The van der Waals surface area contributed by atoms with Gasteiger partial charge in [-0.25, -0.2) is 18.7 Å². The predicted molar refractivity (Wildman–Crippen MR) is 181 cm³/mol. The second-order valence-electron chi connectivity index (χ2n) is 12.9. The molecule has 0 amide bonds. The molecule has 1 aliphatic rings. The van der Waals surface area contributed by atoms with Gasteiger partial charge in [0.1, 0.15) is 29.7 Å². The number of aliphatic carboxylic acids is 1. The summed E-state index contributed by atoms with van der Waals surface area (Å²) in [6.07, 6.45) is -1.32. The van der Waals surface area contributed by atoms with E-state index in [-0.39, 0.29) is 6.61 Å². The maximum atomic E-state index is 14.6. The number of carboxylic acid groups (broad SMARTS) is 1. The Bertz CT molecular complexity index is 2220. The minimum Gasteiger partial charge on any atom is -0.489 e. The van der Waals surface area contributed by atoms with Gasteiger partial charge >= 0.3 is 5.97 Å². The van der Waals surface area contributed by atoms with Gasteiger partial charge in [-0.05, 0) is 87.7 Å². The lowest BCUT2D eigenvalue weighted by molar-refractivity contribution is -0.160. The molecule has 48 heavy (non-hydrogen) atoms. The van der Waals surface area contributed by atoms with Gasteiger partial charge in [0.15, 0.2) is 11.8 Å². The summed E-state index contributed by atoms with van der Waals surface area (Å²) in [5.74, 6) is -0.0221. The topological polar surface area (TPSA) is 95.2 Å². The Kier molecular flexibility index (Phi) is 7.72. The zero-order valence-corrected chi connectivity index (χ0v) is 27.2. The van der Waals surface area contributed by atoms with E-state index < -0.39 is 23.5 Å². The second kappa shape index (κ2) is 11.9. The van der Waals surface area contributed by atoms with Crippen LogP contribution in [-0.2, 0) is 16.1 Å². The minimum atomic E-state index is -1.32. The molecule has 8 bridgehead atoms. The monoisotopic (exact) mass is 643 g/mol. The molecule has 0 saturated carbocycles. The molecule has 1 atom stereocenters. The number of aromatic nitrogens is 3. The summed E-state index contributed by atoms with van der Waals surface area (Å²) in [5.41, 5.74) is 6.58. The van der Waals surface area contributed by atoms with Crippen LogP contribution in [0.2, 0.25) is 0 Å². The molecule has 7 rings (SSSR count). The van der Waals surface area contributed by atoms with Crippen molar-refractivity contribution in [1.82, 2.24) is 14.6 Å². The van der Waals surface area contributed by atoms with E-state index in [9.17, 15) is 14.3 Å². The number of carbonyl (C=O) groups is 1. The van der Waals surface area contributed by atoms with Crippen LogP contribution in [0.3, 0.4) is 0 Å². The molecule has 6 aromatic rings. The Morgan fingerprint density at radius 1 is 0.917 bits per heavy atom. The third-order valence-electron chi connectivity index (χ3n) is 8.18. The molecule has 0 aliphatic carbocycles. The van der Waals surface area contributed by atoms with Gasteiger partial charge in [0, 0.05) is 40.1 Å². The predicted octanol–water partition coefficient (Wildman–Crippen LogP) is 9.11. The van der Waals surface area contributed by atoms with Crippen molar-refractivity contribution < 1.29 is 28.5 Å². The van der Waals surface area contributed by atoms with Crippen LogP contribution in [0.15, 0.2) is 91.0 Å². The average Bonchev–Trinajstić information content (AvgIpc) is 3.46. The highest BCUT2D eigenvalue weighted by Gasteiger charge is 2.33. The van der Waals surface area contributed by atoms with E-state index in [1.807, 2.05) is 100 Å². The van der Waals surface area contributed by atoms with Crippen LogP contribution in [0.1, 0.15) is 49.3 Å². The number of hydrogen-bond donors (Lipinski definition) is 1. The zero-order chi connectivity index (χ0) is 33.7. The third-order valence-corrected chi connectivity index (χ3v) is 8.18. The standard InChI is InChI=1S/C39H34FN3O5/c1-22-12-13-27-18-32(22)46-21-24-8-6-11-29(16-24)47-33-19-28(40)14-15-30(33)25-9-7-10-26(17-25)31-20-34-41-23(2)35(36(27)43(34)42-31)37(38(44)45)48-39(3,4)5/h6-20,37H,21H2,1-5H3,(H,44,45)/t37-/m0/s1. The fourth-order valence-corrected chi connectivity index (χ4v) is 6.01. The van der Waals surface area contributed by atoms with Gasteiger partial charge in [-0.2, -0.15) is 5.10 Å². The summed E-state index contributed by atoms with van der Waals surface area (Å²) in [4.78, 5) is 17.7. The highest BCUT2D eigenvalue weighted by atomic mass is 19.1. The van der Waals surface area contributed by atoms with E-state index in [2.05, 4.69) is 0 Å². The fourth-order valence-electron chi connectivity index (χ4n) is 6.01. The quantitative estimate of drug-likeness (QED) is 0.206. The molecule has 0 fully saturated rings.